The number of H-pyrrole nitrogens is 1. The molecule has 0 bridgehead atoms. The summed E-state index contributed by atoms with van der Waals surface area (Å²) in [7, 11) is 0. The molecule has 20 heavy (non-hydrogen) atoms. The fourth-order valence-corrected chi connectivity index (χ4v) is 1.82. The second kappa shape index (κ2) is 6.16. The van der Waals surface area contributed by atoms with Gasteiger partial charge in [0.15, 0.2) is 0 Å². The van der Waals surface area contributed by atoms with E-state index < -0.39 is 0 Å². The van der Waals surface area contributed by atoms with Gasteiger partial charge in [0.05, 0.1) is 0 Å². The van der Waals surface area contributed by atoms with E-state index in [1.54, 1.807) is 13.0 Å². The number of benzene rings is 1. The van der Waals surface area contributed by atoms with Crippen molar-refractivity contribution in [3.63, 3.8) is 0 Å². The van der Waals surface area contributed by atoms with Crippen LogP contribution in [0.15, 0.2) is 41.2 Å². The lowest BCUT2D eigenvalue weighted by Gasteiger charge is -2.06. The van der Waals surface area contributed by atoms with Crippen molar-refractivity contribution in [1.82, 2.24) is 10.3 Å². The summed E-state index contributed by atoms with van der Waals surface area (Å²) in [5, 5.41) is 2.72. The first-order valence-corrected chi connectivity index (χ1v) is 6.36. The van der Waals surface area contributed by atoms with Crippen LogP contribution >= 0.6 is 0 Å². The molecule has 1 aromatic carbocycles. The van der Waals surface area contributed by atoms with Crippen LogP contribution in [0, 0.1) is 6.92 Å². The minimum absolute atomic E-state index is 0.120. The maximum absolute atomic E-state index is 11.9. The van der Waals surface area contributed by atoms with Gasteiger partial charge in [0, 0.05) is 18.8 Å². The largest absolute Gasteiger partial charge is 0.348 e. The van der Waals surface area contributed by atoms with Gasteiger partial charge >= 0.3 is 0 Å². The summed E-state index contributed by atoms with van der Waals surface area (Å²) in [5.74, 6) is -0.380. The molecule has 5 nitrogen and oxygen atoms in total. The van der Waals surface area contributed by atoms with Gasteiger partial charge in [0.25, 0.3) is 11.5 Å². The number of aromatic amines is 1. The van der Waals surface area contributed by atoms with E-state index in [0.717, 1.165) is 16.8 Å². The molecular formula is C15H17N3O2. The van der Waals surface area contributed by atoms with Crippen LogP contribution in [0.2, 0.25) is 0 Å². The van der Waals surface area contributed by atoms with E-state index in [1.807, 2.05) is 24.3 Å². The average molecular weight is 271 g/mol. The number of carbonyl (C=O) groups excluding carboxylic acids is 1. The minimum Gasteiger partial charge on any atom is -0.348 e. The van der Waals surface area contributed by atoms with Crippen LogP contribution in [-0.2, 0) is 13.1 Å². The van der Waals surface area contributed by atoms with Crippen LogP contribution in [0.1, 0.15) is 27.2 Å². The molecule has 2 rings (SSSR count). The molecule has 104 valence electrons. The fourth-order valence-electron chi connectivity index (χ4n) is 1.82. The van der Waals surface area contributed by atoms with Gasteiger partial charge in [0.1, 0.15) is 5.56 Å². The highest BCUT2D eigenvalue weighted by atomic mass is 16.2. The van der Waals surface area contributed by atoms with Crippen LogP contribution in [0.3, 0.4) is 0 Å². The highest BCUT2D eigenvalue weighted by molar-refractivity contribution is 5.93. The maximum atomic E-state index is 11.9. The molecule has 0 radical (unpaired) electrons. The first-order chi connectivity index (χ1) is 9.60. The zero-order valence-corrected chi connectivity index (χ0v) is 11.3. The number of aromatic nitrogens is 1. The van der Waals surface area contributed by atoms with E-state index in [0.29, 0.717) is 13.1 Å². The van der Waals surface area contributed by atoms with Crippen LogP contribution in [0.5, 0.6) is 0 Å². The molecule has 0 fully saturated rings. The molecule has 0 saturated carbocycles. The number of carbonyl (C=O) groups is 1. The molecule has 0 aliphatic rings. The van der Waals surface area contributed by atoms with Crippen LogP contribution in [0.25, 0.3) is 0 Å². The number of hydrogen-bond acceptors (Lipinski definition) is 3. The standard InChI is InChI=1S/C15H17N3O2/c1-10-2-7-13(15(20)18-10)14(19)17-9-12-5-3-11(8-16)4-6-12/h2-7H,8-9,16H2,1H3,(H,17,19)(H,18,20). The molecular weight excluding hydrogens is 254 g/mol. The first kappa shape index (κ1) is 14.0. The monoisotopic (exact) mass is 271 g/mol. The zero-order valence-electron chi connectivity index (χ0n) is 11.3. The van der Waals surface area contributed by atoms with E-state index in [-0.39, 0.29) is 17.0 Å². The van der Waals surface area contributed by atoms with Gasteiger partial charge < -0.3 is 16.0 Å². The van der Waals surface area contributed by atoms with E-state index in [2.05, 4.69) is 10.3 Å². The van der Waals surface area contributed by atoms with Crippen molar-refractivity contribution in [2.75, 3.05) is 0 Å². The molecule has 1 amide bonds. The Bertz CT molecular complexity index is 660. The van der Waals surface area contributed by atoms with Crippen molar-refractivity contribution in [2.24, 2.45) is 5.73 Å². The third-order valence-corrected chi connectivity index (χ3v) is 3.01. The number of hydrogen-bond donors (Lipinski definition) is 3. The Morgan fingerprint density at radius 3 is 2.40 bits per heavy atom. The molecule has 5 heteroatoms. The fraction of sp³-hybridized carbons (Fsp3) is 0.200. The predicted molar refractivity (Wildman–Crippen MR) is 77.3 cm³/mol. The van der Waals surface area contributed by atoms with Gasteiger partial charge in [-0.25, -0.2) is 0 Å². The van der Waals surface area contributed by atoms with Crippen molar-refractivity contribution in [1.29, 1.82) is 0 Å². The summed E-state index contributed by atoms with van der Waals surface area (Å²) >= 11 is 0. The Morgan fingerprint density at radius 2 is 1.80 bits per heavy atom. The second-order valence-corrected chi connectivity index (χ2v) is 4.59. The summed E-state index contributed by atoms with van der Waals surface area (Å²) in [5.41, 5.74) is 7.98. The lowest BCUT2D eigenvalue weighted by molar-refractivity contribution is 0.0949. The molecule has 0 aliphatic carbocycles. The third kappa shape index (κ3) is 3.33. The quantitative estimate of drug-likeness (QED) is 0.777. The highest BCUT2D eigenvalue weighted by Crippen LogP contribution is 2.03. The summed E-state index contributed by atoms with van der Waals surface area (Å²) < 4.78 is 0. The van der Waals surface area contributed by atoms with Crippen LogP contribution in [0.4, 0.5) is 0 Å². The molecule has 2 aromatic rings. The first-order valence-electron chi connectivity index (χ1n) is 6.36. The summed E-state index contributed by atoms with van der Waals surface area (Å²) in [6, 6.07) is 10.9. The number of pyridine rings is 1. The number of nitrogens with two attached hydrogens (primary N) is 1. The topological polar surface area (TPSA) is 88.0 Å². The Kier molecular flexibility index (Phi) is 4.32. The van der Waals surface area contributed by atoms with Gasteiger partial charge in [0.2, 0.25) is 0 Å². The highest BCUT2D eigenvalue weighted by Gasteiger charge is 2.09. The van der Waals surface area contributed by atoms with Crippen molar-refractivity contribution < 1.29 is 4.79 Å². The number of amides is 1. The van der Waals surface area contributed by atoms with Crippen molar-refractivity contribution in [2.45, 2.75) is 20.0 Å². The smallest absolute Gasteiger partial charge is 0.260 e. The average Bonchev–Trinajstić information content (AvgIpc) is 2.45. The van der Waals surface area contributed by atoms with E-state index >= 15 is 0 Å². The molecule has 0 atom stereocenters. The summed E-state index contributed by atoms with van der Waals surface area (Å²) in [6.45, 7) is 2.63. The Hall–Kier alpha value is -2.40. The number of nitrogens with one attached hydrogen (secondary N) is 2. The molecule has 0 aliphatic heterocycles. The Balaban J connectivity index is 2.02. The SMILES string of the molecule is Cc1ccc(C(=O)NCc2ccc(CN)cc2)c(=O)[nH]1. The van der Waals surface area contributed by atoms with Crippen molar-refractivity contribution in [3.8, 4) is 0 Å². The normalized spacial score (nSPS) is 10.3. The summed E-state index contributed by atoms with van der Waals surface area (Å²) in [6.07, 6.45) is 0. The van der Waals surface area contributed by atoms with Gasteiger partial charge in [-0.1, -0.05) is 24.3 Å². The molecule has 0 unspecified atom stereocenters. The van der Waals surface area contributed by atoms with E-state index in [9.17, 15) is 9.59 Å². The Labute approximate surface area is 116 Å². The van der Waals surface area contributed by atoms with E-state index in [4.69, 9.17) is 5.73 Å². The van der Waals surface area contributed by atoms with Crippen LogP contribution < -0.4 is 16.6 Å². The van der Waals surface area contributed by atoms with Gasteiger partial charge in [-0.2, -0.15) is 0 Å². The molecule has 0 saturated heterocycles. The van der Waals surface area contributed by atoms with Crippen LogP contribution in [-0.4, -0.2) is 10.9 Å². The lowest BCUT2D eigenvalue weighted by Crippen LogP contribution is -2.29. The van der Waals surface area contributed by atoms with E-state index in [1.165, 1.54) is 6.07 Å². The summed E-state index contributed by atoms with van der Waals surface area (Å²) in [4.78, 5) is 26.2. The molecule has 1 aromatic heterocycles. The second-order valence-electron chi connectivity index (χ2n) is 4.59. The zero-order chi connectivity index (χ0) is 14.5. The van der Waals surface area contributed by atoms with Crippen molar-refractivity contribution in [3.05, 3.63) is 69.1 Å². The molecule has 0 spiro atoms. The third-order valence-electron chi connectivity index (χ3n) is 3.01. The maximum Gasteiger partial charge on any atom is 0.260 e. The van der Waals surface area contributed by atoms with Gasteiger partial charge in [-0.3, -0.25) is 9.59 Å². The molecule has 1 heterocycles. The van der Waals surface area contributed by atoms with Crippen molar-refractivity contribution >= 4 is 5.91 Å². The van der Waals surface area contributed by atoms with Gasteiger partial charge in [-0.15, -0.1) is 0 Å². The molecule has 4 N–H and O–H groups in total. The predicted octanol–water partition coefficient (Wildman–Crippen LogP) is 1.07. The lowest BCUT2D eigenvalue weighted by atomic mass is 10.1. The van der Waals surface area contributed by atoms with Gasteiger partial charge in [-0.05, 0) is 30.2 Å². The number of rotatable bonds is 4. The Morgan fingerprint density at radius 1 is 1.15 bits per heavy atom. The number of aryl methyl sites for hydroxylation is 1. The minimum atomic E-state index is -0.380.